The second-order valence-electron chi connectivity index (χ2n) is 3.12. The van der Waals surface area contributed by atoms with Gasteiger partial charge in [-0.05, 0) is 12.1 Å². The van der Waals surface area contributed by atoms with Crippen molar-refractivity contribution < 1.29 is 9.53 Å². The van der Waals surface area contributed by atoms with Crippen LogP contribution in [0.15, 0.2) is 12.1 Å². The van der Waals surface area contributed by atoms with Gasteiger partial charge in [0.15, 0.2) is 0 Å². The maximum atomic E-state index is 11.1. The van der Waals surface area contributed by atoms with E-state index in [1.807, 2.05) is 25.2 Å². The van der Waals surface area contributed by atoms with Crippen molar-refractivity contribution >= 4 is 5.97 Å². The Kier molecular flexibility index (Phi) is 3.67. The van der Waals surface area contributed by atoms with Gasteiger partial charge in [-0.15, -0.1) is 0 Å². The summed E-state index contributed by atoms with van der Waals surface area (Å²) in [6.07, 6.45) is 0. The molecule has 14 heavy (non-hydrogen) atoms. The van der Waals surface area contributed by atoms with E-state index in [1.54, 1.807) is 6.07 Å². The second kappa shape index (κ2) is 4.78. The smallest absolute Gasteiger partial charge is 0.354 e. The van der Waals surface area contributed by atoms with E-state index in [4.69, 9.17) is 0 Å². The monoisotopic (exact) mass is 197 g/mol. The molecule has 1 aromatic heterocycles. The molecule has 5 heteroatoms. The molecular weight excluding hydrogens is 182 g/mol. The van der Waals surface area contributed by atoms with Gasteiger partial charge in [0, 0.05) is 19.8 Å². The lowest BCUT2D eigenvalue weighted by Crippen LogP contribution is -2.29. The van der Waals surface area contributed by atoms with E-state index < -0.39 is 0 Å². The minimum absolute atomic E-state index is 0.346. The van der Waals surface area contributed by atoms with Crippen LogP contribution >= 0.6 is 0 Å². The quantitative estimate of drug-likeness (QED) is 0.541. The van der Waals surface area contributed by atoms with Gasteiger partial charge in [0.2, 0.25) is 0 Å². The highest BCUT2D eigenvalue weighted by Crippen LogP contribution is 2.02. The number of rotatable bonds is 4. The zero-order chi connectivity index (χ0) is 10.6. The van der Waals surface area contributed by atoms with Crippen molar-refractivity contribution in [1.29, 1.82) is 0 Å². The summed E-state index contributed by atoms with van der Waals surface area (Å²) in [5.41, 5.74) is 4.50. The number of carbonyl (C=O) groups excluding carboxylic acids is 1. The van der Waals surface area contributed by atoms with Crippen molar-refractivity contribution in [3.05, 3.63) is 23.5 Å². The number of H-pyrrole nitrogens is 1. The third-order valence-electron chi connectivity index (χ3n) is 1.74. The molecule has 1 aromatic rings. The summed E-state index contributed by atoms with van der Waals surface area (Å²) >= 11 is 0. The van der Waals surface area contributed by atoms with Crippen LogP contribution in [-0.4, -0.2) is 37.2 Å². The summed E-state index contributed by atoms with van der Waals surface area (Å²) in [4.78, 5) is 14.0. The van der Waals surface area contributed by atoms with E-state index in [-0.39, 0.29) is 5.97 Å². The molecule has 0 saturated heterocycles. The summed E-state index contributed by atoms with van der Waals surface area (Å²) in [7, 11) is 5.18. The third kappa shape index (κ3) is 2.86. The number of esters is 1. The standard InChI is InChI=1S/C9H15N3O2/c1-12(2)10-6-7-4-5-8(11-7)9(13)14-3/h4-5,10-11H,6H2,1-3H3. The Balaban J connectivity index is 2.55. The molecule has 0 aliphatic rings. The van der Waals surface area contributed by atoms with Crippen molar-refractivity contribution in [2.45, 2.75) is 6.54 Å². The third-order valence-corrected chi connectivity index (χ3v) is 1.74. The Hall–Kier alpha value is -1.33. The first-order valence-electron chi connectivity index (χ1n) is 4.30. The average molecular weight is 197 g/mol. The number of carbonyl (C=O) groups is 1. The summed E-state index contributed by atoms with van der Waals surface area (Å²) in [6.45, 7) is 0.657. The summed E-state index contributed by atoms with van der Waals surface area (Å²) < 4.78 is 4.57. The van der Waals surface area contributed by atoms with Gasteiger partial charge in [-0.2, -0.15) is 0 Å². The number of nitrogens with zero attached hydrogens (tertiary/aromatic N) is 1. The van der Waals surface area contributed by atoms with E-state index in [1.165, 1.54) is 7.11 Å². The molecule has 0 radical (unpaired) electrons. The minimum atomic E-state index is -0.346. The number of ether oxygens (including phenoxy) is 1. The molecule has 78 valence electrons. The fourth-order valence-corrected chi connectivity index (χ4v) is 1.02. The lowest BCUT2D eigenvalue weighted by Gasteiger charge is -2.10. The Morgan fingerprint density at radius 2 is 2.29 bits per heavy atom. The highest BCUT2D eigenvalue weighted by molar-refractivity contribution is 5.87. The SMILES string of the molecule is COC(=O)c1ccc(CNN(C)C)[nH]1. The largest absolute Gasteiger partial charge is 0.464 e. The Morgan fingerprint density at radius 1 is 1.57 bits per heavy atom. The zero-order valence-electron chi connectivity index (χ0n) is 8.63. The topological polar surface area (TPSA) is 57.4 Å². The molecular formula is C9H15N3O2. The van der Waals surface area contributed by atoms with E-state index in [0.717, 1.165) is 5.69 Å². The fraction of sp³-hybridized carbons (Fsp3) is 0.444. The number of nitrogens with one attached hydrogen (secondary N) is 2. The van der Waals surface area contributed by atoms with Crippen LogP contribution < -0.4 is 5.43 Å². The second-order valence-corrected chi connectivity index (χ2v) is 3.12. The highest BCUT2D eigenvalue weighted by Gasteiger charge is 2.07. The van der Waals surface area contributed by atoms with Crippen LogP contribution in [0.1, 0.15) is 16.2 Å². The molecule has 0 spiro atoms. The molecule has 0 saturated carbocycles. The van der Waals surface area contributed by atoms with Crippen LogP contribution in [0.5, 0.6) is 0 Å². The number of aromatic amines is 1. The molecule has 0 amide bonds. The Morgan fingerprint density at radius 3 is 2.86 bits per heavy atom. The van der Waals surface area contributed by atoms with Crippen LogP contribution in [0.3, 0.4) is 0 Å². The summed E-state index contributed by atoms with van der Waals surface area (Å²) in [6, 6.07) is 3.56. The first-order valence-corrected chi connectivity index (χ1v) is 4.30. The van der Waals surface area contributed by atoms with Gasteiger partial charge < -0.3 is 9.72 Å². The fourth-order valence-electron chi connectivity index (χ4n) is 1.02. The predicted molar refractivity (Wildman–Crippen MR) is 52.7 cm³/mol. The van der Waals surface area contributed by atoms with Crippen LogP contribution in [0.2, 0.25) is 0 Å². The predicted octanol–water partition coefficient (Wildman–Crippen LogP) is 0.367. The normalized spacial score (nSPS) is 10.6. The molecule has 0 atom stereocenters. The maximum Gasteiger partial charge on any atom is 0.354 e. The number of hydrogen-bond donors (Lipinski definition) is 2. The van der Waals surface area contributed by atoms with Gasteiger partial charge in [0.05, 0.1) is 13.7 Å². The summed E-state index contributed by atoms with van der Waals surface area (Å²) in [5, 5.41) is 1.85. The Labute approximate surface area is 83.0 Å². The molecule has 0 bridgehead atoms. The number of hydrogen-bond acceptors (Lipinski definition) is 4. The first kappa shape index (κ1) is 10.7. The maximum absolute atomic E-state index is 11.1. The molecule has 0 aromatic carbocycles. The van der Waals surface area contributed by atoms with Crippen LogP contribution in [0, 0.1) is 0 Å². The van der Waals surface area contributed by atoms with Crippen LogP contribution in [-0.2, 0) is 11.3 Å². The molecule has 0 aliphatic carbocycles. The van der Waals surface area contributed by atoms with Gasteiger partial charge in [0.1, 0.15) is 5.69 Å². The molecule has 0 fully saturated rings. The molecule has 0 unspecified atom stereocenters. The number of methoxy groups -OCH3 is 1. The first-order chi connectivity index (χ1) is 6.63. The van der Waals surface area contributed by atoms with E-state index >= 15 is 0 Å². The minimum Gasteiger partial charge on any atom is -0.464 e. The Bertz CT molecular complexity index is 307. The average Bonchev–Trinajstić information content (AvgIpc) is 2.62. The van der Waals surface area contributed by atoms with Crippen molar-refractivity contribution in [2.24, 2.45) is 0 Å². The summed E-state index contributed by atoms with van der Waals surface area (Å²) in [5.74, 6) is -0.346. The van der Waals surface area contributed by atoms with Gasteiger partial charge >= 0.3 is 5.97 Å². The highest BCUT2D eigenvalue weighted by atomic mass is 16.5. The number of aromatic nitrogens is 1. The van der Waals surface area contributed by atoms with Crippen molar-refractivity contribution in [2.75, 3.05) is 21.2 Å². The molecule has 1 rings (SSSR count). The van der Waals surface area contributed by atoms with Crippen molar-refractivity contribution in [3.63, 3.8) is 0 Å². The van der Waals surface area contributed by atoms with Gasteiger partial charge in [-0.1, -0.05) is 0 Å². The molecule has 1 heterocycles. The lowest BCUT2D eigenvalue weighted by molar-refractivity contribution is 0.0594. The van der Waals surface area contributed by atoms with Gasteiger partial charge in [-0.3, -0.25) is 5.01 Å². The molecule has 0 aliphatic heterocycles. The molecule has 2 N–H and O–H groups in total. The van der Waals surface area contributed by atoms with Crippen molar-refractivity contribution in [3.8, 4) is 0 Å². The van der Waals surface area contributed by atoms with Crippen LogP contribution in [0.4, 0.5) is 0 Å². The van der Waals surface area contributed by atoms with E-state index in [9.17, 15) is 4.79 Å². The van der Waals surface area contributed by atoms with E-state index in [0.29, 0.717) is 12.2 Å². The van der Waals surface area contributed by atoms with E-state index in [2.05, 4.69) is 15.1 Å². The van der Waals surface area contributed by atoms with Gasteiger partial charge in [0.25, 0.3) is 0 Å². The number of hydrazine groups is 1. The van der Waals surface area contributed by atoms with Crippen LogP contribution in [0.25, 0.3) is 0 Å². The molecule has 5 nitrogen and oxygen atoms in total. The van der Waals surface area contributed by atoms with Crippen molar-refractivity contribution in [1.82, 2.24) is 15.4 Å². The lowest BCUT2D eigenvalue weighted by atomic mass is 10.4. The zero-order valence-corrected chi connectivity index (χ0v) is 8.63. The van der Waals surface area contributed by atoms with Gasteiger partial charge in [-0.25, -0.2) is 10.2 Å².